The summed E-state index contributed by atoms with van der Waals surface area (Å²) in [6.45, 7) is 0. The maximum Gasteiger partial charge on any atom is 0.137 e. The van der Waals surface area contributed by atoms with Crippen molar-refractivity contribution in [3.63, 3.8) is 0 Å². The Hall–Kier alpha value is -3.11. The van der Waals surface area contributed by atoms with Gasteiger partial charge in [0.05, 0.1) is 11.0 Å². The third kappa shape index (κ3) is 2.25. The molecule has 1 heterocycles. The number of nitrogens with one attached hydrogen (secondary N) is 2. The van der Waals surface area contributed by atoms with E-state index >= 15 is 0 Å². The van der Waals surface area contributed by atoms with Gasteiger partial charge in [0, 0.05) is 28.6 Å². The van der Waals surface area contributed by atoms with Gasteiger partial charge in [-0.3, -0.25) is 5.84 Å². The molecule has 0 radical (unpaired) electrons. The van der Waals surface area contributed by atoms with E-state index in [9.17, 15) is 0 Å². The third-order valence-corrected chi connectivity index (χ3v) is 3.95. The van der Waals surface area contributed by atoms with E-state index in [2.05, 4.69) is 17.6 Å². The molecule has 4 N–H and O–H groups in total. The van der Waals surface area contributed by atoms with Crippen molar-refractivity contribution < 1.29 is 4.42 Å². The van der Waals surface area contributed by atoms with Crippen LogP contribution in [-0.4, -0.2) is 0 Å². The molecule has 2 aliphatic rings. The fraction of sp³-hybridized carbons (Fsp3) is 0. The summed E-state index contributed by atoms with van der Waals surface area (Å²) in [6.07, 6.45) is 0. The van der Waals surface area contributed by atoms with E-state index in [1.165, 1.54) is 0 Å². The van der Waals surface area contributed by atoms with Gasteiger partial charge in [0.25, 0.3) is 0 Å². The summed E-state index contributed by atoms with van der Waals surface area (Å²) in [5.41, 5.74) is 7.36. The Kier molecular flexibility index (Phi) is 3.10. The second kappa shape index (κ2) is 5.26. The predicted octanol–water partition coefficient (Wildman–Crippen LogP) is 3.97. The molecule has 112 valence electrons. The highest BCUT2D eigenvalue weighted by Crippen LogP contribution is 2.40. The SMILES string of the molecule is N=c1ccc2c(-c3ccccc3)c3ccc(NN)cc3oc-2c1. The van der Waals surface area contributed by atoms with Gasteiger partial charge in [-0.25, -0.2) is 0 Å². The van der Waals surface area contributed by atoms with Gasteiger partial charge < -0.3 is 15.3 Å². The van der Waals surface area contributed by atoms with Gasteiger partial charge in [-0.15, -0.1) is 0 Å². The zero-order valence-electron chi connectivity index (χ0n) is 12.3. The number of fused-ring (bicyclic) bond motifs is 2. The normalized spacial score (nSPS) is 11.0. The Morgan fingerprint density at radius 3 is 2.52 bits per heavy atom. The van der Waals surface area contributed by atoms with E-state index in [1.807, 2.05) is 42.5 Å². The van der Waals surface area contributed by atoms with Crippen molar-refractivity contribution in [3.8, 4) is 22.5 Å². The average Bonchev–Trinajstić information content (AvgIpc) is 2.59. The molecule has 0 saturated carbocycles. The second-order valence-electron chi connectivity index (χ2n) is 5.41. The number of hydrogen-bond acceptors (Lipinski definition) is 4. The molecule has 1 aliphatic carbocycles. The van der Waals surface area contributed by atoms with E-state index in [1.54, 1.807) is 12.1 Å². The largest absolute Gasteiger partial charge is 0.456 e. The van der Waals surface area contributed by atoms with E-state index in [-0.39, 0.29) is 0 Å². The molecule has 0 unspecified atom stereocenters. The quantitative estimate of drug-likeness (QED) is 0.298. The minimum absolute atomic E-state index is 0.424. The van der Waals surface area contributed by atoms with Crippen LogP contribution in [0.5, 0.6) is 0 Å². The van der Waals surface area contributed by atoms with Crippen LogP contribution in [0.2, 0.25) is 0 Å². The molecule has 0 amide bonds. The predicted molar refractivity (Wildman–Crippen MR) is 91.9 cm³/mol. The highest BCUT2D eigenvalue weighted by Gasteiger charge is 2.16. The summed E-state index contributed by atoms with van der Waals surface area (Å²) in [4.78, 5) is 0. The maximum absolute atomic E-state index is 7.85. The lowest BCUT2D eigenvalue weighted by Crippen LogP contribution is -2.06. The maximum atomic E-state index is 7.85. The molecule has 23 heavy (non-hydrogen) atoms. The van der Waals surface area contributed by atoms with E-state index < -0.39 is 0 Å². The molecule has 4 nitrogen and oxygen atoms in total. The zero-order chi connectivity index (χ0) is 15.8. The van der Waals surface area contributed by atoms with Crippen molar-refractivity contribution in [1.29, 1.82) is 5.41 Å². The smallest absolute Gasteiger partial charge is 0.137 e. The number of hydrogen-bond donors (Lipinski definition) is 3. The lowest BCUT2D eigenvalue weighted by atomic mass is 9.94. The highest BCUT2D eigenvalue weighted by atomic mass is 16.3. The Morgan fingerprint density at radius 2 is 1.74 bits per heavy atom. The van der Waals surface area contributed by atoms with Crippen molar-refractivity contribution in [2.45, 2.75) is 0 Å². The van der Waals surface area contributed by atoms with Crippen LogP contribution in [0.1, 0.15) is 0 Å². The van der Waals surface area contributed by atoms with Crippen LogP contribution in [-0.2, 0) is 0 Å². The van der Waals surface area contributed by atoms with Crippen molar-refractivity contribution in [2.24, 2.45) is 5.84 Å². The molecule has 1 aliphatic heterocycles. The molecule has 0 atom stereocenters. The first-order valence-corrected chi connectivity index (χ1v) is 7.33. The van der Waals surface area contributed by atoms with Gasteiger partial charge >= 0.3 is 0 Å². The van der Waals surface area contributed by atoms with Gasteiger partial charge in [0.1, 0.15) is 11.3 Å². The zero-order valence-corrected chi connectivity index (χ0v) is 12.3. The van der Waals surface area contributed by atoms with Crippen LogP contribution < -0.4 is 16.6 Å². The summed E-state index contributed by atoms with van der Waals surface area (Å²) in [6, 6.07) is 21.5. The molecule has 2 aromatic rings. The van der Waals surface area contributed by atoms with Gasteiger partial charge in [-0.1, -0.05) is 30.3 Å². The van der Waals surface area contributed by atoms with Crippen molar-refractivity contribution >= 4 is 16.7 Å². The van der Waals surface area contributed by atoms with Crippen LogP contribution >= 0.6 is 0 Å². The number of nitrogen functional groups attached to an aromatic ring is 1. The lowest BCUT2D eigenvalue weighted by molar-refractivity contribution is 0.619. The lowest BCUT2D eigenvalue weighted by Gasteiger charge is -2.15. The molecule has 2 aromatic carbocycles. The molecular formula is C19H15N3O. The molecular weight excluding hydrogens is 286 g/mol. The first-order valence-electron chi connectivity index (χ1n) is 7.33. The van der Waals surface area contributed by atoms with Crippen molar-refractivity contribution in [1.82, 2.24) is 0 Å². The van der Waals surface area contributed by atoms with E-state index in [0.717, 1.165) is 33.3 Å². The standard InChI is InChI=1S/C19H15N3O/c20-13-6-8-15-17(10-13)23-18-11-14(22-21)7-9-16(18)19(15)12-4-2-1-3-5-12/h1-11,20,22H,21H2. The van der Waals surface area contributed by atoms with Crippen LogP contribution in [0, 0.1) is 5.41 Å². The second-order valence-corrected chi connectivity index (χ2v) is 5.41. The number of benzene rings is 3. The fourth-order valence-corrected chi connectivity index (χ4v) is 2.90. The Morgan fingerprint density at radius 1 is 0.913 bits per heavy atom. The topological polar surface area (TPSA) is 75.0 Å². The monoisotopic (exact) mass is 301 g/mol. The third-order valence-electron chi connectivity index (χ3n) is 3.95. The molecule has 0 aromatic heterocycles. The first-order chi connectivity index (χ1) is 11.3. The summed E-state index contributed by atoms with van der Waals surface area (Å²) < 4.78 is 6.02. The van der Waals surface area contributed by atoms with E-state index in [0.29, 0.717) is 11.1 Å². The first kappa shape index (κ1) is 13.5. The van der Waals surface area contributed by atoms with Gasteiger partial charge in [-0.05, 0) is 29.8 Å². The summed E-state index contributed by atoms with van der Waals surface area (Å²) >= 11 is 0. The van der Waals surface area contributed by atoms with Crippen LogP contribution in [0.15, 0.2) is 71.1 Å². The Labute approximate surface area is 133 Å². The number of hydrazine groups is 1. The number of nitrogens with two attached hydrogens (primary N) is 1. The van der Waals surface area contributed by atoms with Crippen molar-refractivity contribution in [2.75, 3.05) is 5.43 Å². The minimum Gasteiger partial charge on any atom is -0.456 e. The molecule has 4 heteroatoms. The number of rotatable bonds is 2. The fourth-order valence-electron chi connectivity index (χ4n) is 2.90. The molecule has 0 spiro atoms. The van der Waals surface area contributed by atoms with Crippen LogP contribution in [0.3, 0.4) is 0 Å². The van der Waals surface area contributed by atoms with Crippen LogP contribution in [0.4, 0.5) is 5.69 Å². The summed E-state index contributed by atoms with van der Waals surface area (Å²) in [5.74, 6) is 6.20. The Balaban J connectivity index is 2.17. The molecule has 0 saturated heterocycles. The molecule has 0 fully saturated rings. The van der Waals surface area contributed by atoms with Gasteiger partial charge in [0.2, 0.25) is 0 Å². The van der Waals surface area contributed by atoms with Crippen LogP contribution in [0.25, 0.3) is 33.4 Å². The Bertz CT molecular complexity index is 1020. The summed E-state index contributed by atoms with van der Waals surface area (Å²) in [7, 11) is 0. The minimum atomic E-state index is 0.424. The van der Waals surface area contributed by atoms with Crippen molar-refractivity contribution in [3.05, 3.63) is 72.1 Å². The van der Waals surface area contributed by atoms with E-state index in [4.69, 9.17) is 15.7 Å². The van der Waals surface area contributed by atoms with Gasteiger partial charge in [-0.2, -0.15) is 0 Å². The van der Waals surface area contributed by atoms with Gasteiger partial charge in [0.15, 0.2) is 0 Å². The molecule has 0 bridgehead atoms. The summed E-state index contributed by atoms with van der Waals surface area (Å²) in [5, 5.41) is 9.28. The highest BCUT2D eigenvalue weighted by molar-refractivity contribution is 6.02. The molecule has 4 rings (SSSR count). The number of anilines is 1. The average molecular weight is 301 g/mol.